The first-order valence-electron chi connectivity index (χ1n) is 42.5. The molecule has 0 amide bonds. The summed E-state index contributed by atoms with van der Waals surface area (Å²) in [6.45, 7) is 9.57. The summed E-state index contributed by atoms with van der Waals surface area (Å²) in [6.07, 6.45) is 64.1. The van der Waals surface area contributed by atoms with Crippen LogP contribution in [0.2, 0.25) is 0 Å². The molecule has 0 fully saturated rings. The Kier molecular flexibility index (Phi) is 72.2. The molecule has 3 N–H and O–H groups in total. The molecule has 0 spiro atoms. The van der Waals surface area contributed by atoms with Gasteiger partial charge in [-0.2, -0.15) is 0 Å². The number of aliphatic hydroxyl groups is 1. The summed E-state index contributed by atoms with van der Waals surface area (Å²) >= 11 is 0. The van der Waals surface area contributed by atoms with Crippen molar-refractivity contribution in [1.82, 2.24) is 0 Å². The molecule has 0 aliphatic carbocycles. The second kappa shape index (κ2) is 73.6. The number of carbonyl (C=O) groups excluding carboxylic acids is 4. The van der Waals surface area contributed by atoms with E-state index in [4.69, 9.17) is 37.0 Å². The van der Waals surface area contributed by atoms with Gasteiger partial charge in [0.1, 0.15) is 19.3 Å². The smallest absolute Gasteiger partial charge is 0.462 e. The van der Waals surface area contributed by atoms with Crippen molar-refractivity contribution < 1.29 is 80.2 Å². The Hall–Kier alpha value is -1.94. The molecule has 101 heavy (non-hydrogen) atoms. The molecule has 19 heteroatoms. The van der Waals surface area contributed by atoms with Gasteiger partial charge in [-0.05, 0) is 37.5 Å². The topological polar surface area (TPSA) is 237 Å². The summed E-state index contributed by atoms with van der Waals surface area (Å²) in [5.74, 6) is -0.654. The molecule has 0 saturated heterocycles. The SMILES string of the molecule is CCCCCCCCCCCCCCCCCCCCCCC(=O)O[C@H](COC(=O)CCCCCCCCCCCCCCCCCCC)COP(=O)(O)OC[C@@H](O)COP(=O)(O)OC[C@@H](COC(=O)CCCCCCCCC(C)C)OC(=O)CCCCCCCCCCCCCCC(C)C. The van der Waals surface area contributed by atoms with Gasteiger partial charge in [-0.15, -0.1) is 0 Å². The predicted molar refractivity (Wildman–Crippen MR) is 414 cm³/mol. The Balaban J connectivity index is 5.22. The van der Waals surface area contributed by atoms with Gasteiger partial charge in [0.2, 0.25) is 0 Å². The second-order valence-electron chi connectivity index (χ2n) is 30.5. The zero-order valence-corrected chi connectivity index (χ0v) is 68.0. The van der Waals surface area contributed by atoms with Crippen LogP contribution in [0, 0.1) is 11.8 Å². The van der Waals surface area contributed by atoms with E-state index in [1.807, 2.05) is 0 Å². The first-order valence-corrected chi connectivity index (χ1v) is 45.5. The van der Waals surface area contributed by atoms with Crippen LogP contribution in [0.15, 0.2) is 0 Å². The largest absolute Gasteiger partial charge is 0.472 e. The van der Waals surface area contributed by atoms with Gasteiger partial charge in [0.25, 0.3) is 0 Å². The van der Waals surface area contributed by atoms with E-state index in [9.17, 15) is 43.2 Å². The molecule has 5 atom stereocenters. The quantitative estimate of drug-likeness (QED) is 0.0222. The van der Waals surface area contributed by atoms with Crippen LogP contribution in [0.4, 0.5) is 0 Å². The van der Waals surface area contributed by atoms with E-state index in [1.54, 1.807) is 0 Å². The Morgan fingerprint density at radius 2 is 0.455 bits per heavy atom. The number of rotatable bonds is 81. The van der Waals surface area contributed by atoms with Crippen molar-refractivity contribution in [2.24, 2.45) is 11.8 Å². The highest BCUT2D eigenvalue weighted by Gasteiger charge is 2.30. The molecule has 0 radical (unpaired) electrons. The molecule has 2 unspecified atom stereocenters. The van der Waals surface area contributed by atoms with E-state index in [0.717, 1.165) is 102 Å². The lowest BCUT2D eigenvalue weighted by Crippen LogP contribution is -2.30. The molecule has 0 aromatic rings. The number of esters is 4. The van der Waals surface area contributed by atoms with E-state index >= 15 is 0 Å². The minimum absolute atomic E-state index is 0.106. The molecule has 0 rings (SSSR count). The number of phosphoric ester groups is 2. The monoisotopic (exact) mass is 1480 g/mol. The normalized spacial score (nSPS) is 13.9. The number of hydrogen-bond donors (Lipinski definition) is 3. The van der Waals surface area contributed by atoms with Crippen molar-refractivity contribution in [1.29, 1.82) is 0 Å². The molecule has 0 bridgehead atoms. The highest BCUT2D eigenvalue weighted by Crippen LogP contribution is 2.45. The molecule has 0 aromatic carbocycles. The Morgan fingerprint density at radius 1 is 0.267 bits per heavy atom. The molecule has 600 valence electrons. The Labute approximate surface area is 619 Å². The zero-order chi connectivity index (χ0) is 74.2. The average molecular weight is 1480 g/mol. The van der Waals surface area contributed by atoms with Gasteiger partial charge in [0.15, 0.2) is 12.2 Å². The van der Waals surface area contributed by atoms with E-state index in [0.29, 0.717) is 31.6 Å². The van der Waals surface area contributed by atoms with E-state index in [-0.39, 0.29) is 25.7 Å². The van der Waals surface area contributed by atoms with Crippen LogP contribution in [-0.4, -0.2) is 96.7 Å². The van der Waals surface area contributed by atoms with Gasteiger partial charge in [0, 0.05) is 25.7 Å². The van der Waals surface area contributed by atoms with Crippen LogP contribution in [0.3, 0.4) is 0 Å². The number of carbonyl (C=O) groups is 4. The first-order chi connectivity index (χ1) is 48.9. The number of ether oxygens (including phenoxy) is 4. The lowest BCUT2D eigenvalue weighted by Gasteiger charge is -2.21. The van der Waals surface area contributed by atoms with Crippen molar-refractivity contribution >= 4 is 39.5 Å². The molecule has 0 aliphatic heterocycles. The van der Waals surface area contributed by atoms with Gasteiger partial charge in [-0.1, -0.05) is 382 Å². The minimum Gasteiger partial charge on any atom is -0.462 e. The van der Waals surface area contributed by atoms with E-state index in [2.05, 4.69) is 41.5 Å². The summed E-state index contributed by atoms with van der Waals surface area (Å²) < 4.78 is 68.7. The predicted octanol–water partition coefficient (Wildman–Crippen LogP) is 24.7. The maximum atomic E-state index is 13.1. The molecule has 0 saturated carbocycles. The van der Waals surface area contributed by atoms with Crippen LogP contribution in [0.25, 0.3) is 0 Å². The third-order valence-electron chi connectivity index (χ3n) is 19.2. The number of phosphoric acid groups is 2. The highest BCUT2D eigenvalue weighted by molar-refractivity contribution is 7.47. The molecule has 0 aliphatic rings. The van der Waals surface area contributed by atoms with E-state index < -0.39 is 97.5 Å². The first kappa shape index (κ1) is 99.1. The average Bonchev–Trinajstić information content (AvgIpc) is 0.916. The third-order valence-corrected chi connectivity index (χ3v) is 21.1. The zero-order valence-electron chi connectivity index (χ0n) is 66.2. The molecule has 17 nitrogen and oxygen atoms in total. The van der Waals surface area contributed by atoms with Gasteiger partial charge < -0.3 is 33.8 Å². The van der Waals surface area contributed by atoms with Crippen molar-refractivity contribution in [2.45, 2.75) is 452 Å². The second-order valence-corrected chi connectivity index (χ2v) is 33.4. The fourth-order valence-electron chi connectivity index (χ4n) is 12.7. The summed E-state index contributed by atoms with van der Waals surface area (Å²) in [5.41, 5.74) is 0. The van der Waals surface area contributed by atoms with Crippen molar-refractivity contribution in [3.63, 3.8) is 0 Å². The summed E-state index contributed by atoms with van der Waals surface area (Å²) in [6, 6.07) is 0. The lowest BCUT2D eigenvalue weighted by atomic mass is 10.0. The maximum absolute atomic E-state index is 13.1. The van der Waals surface area contributed by atoms with Crippen LogP contribution < -0.4 is 0 Å². The maximum Gasteiger partial charge on any atom is 0.472 e. The summed E-state index contributed by atoms with van der Waals surface area (Å²) in [5, 5.41) is 10.6. The van der Waals surface area contributed by atoms with Crippen LogP contribution in [-0.2, 0) is 65.4 Å². The fraction of sp³-hybridized carbons (Fsp3) is 0.951. The molecular formula is C82H160O17P2. The van der Waals surface area contributed by atoms with Gasteiger partial charge in [-0.3, -0.25) is 37.3 Å². The van der Waals surface area contributed by atoms with Gasteiger partial charge in [-0.25, -0.2) is 9.13 Å². The van der Waals surface area contributed by atoms with Gasteiger partial charge in [0.05, 0.1) is 26.4 Å². The minimum atomic E-state index is -4.96. The number of hydrogen-bond acceptors (Lipinski definition) is 15. The molecular weight excluding hydrogens is 1320 g/mol. The highest BCUT2D eigenvalue weighted by atomic mass is 31.2. The van der Waals surface area contributed by atoms with Crippen LogP contribution in [0.1, 0.15) is 433 Å². The van der Waals surface area contributed by atoms with Gasteiger partial charge >= 0.3 is 39.5 Å². The number of aliphatic hydroxyl groups excluding tert-OH is 1. The van der Waals surface area contributed by atoms with Crippen LogP contribution >= 0.6 is 15.6 Å². The van der Waals surface area contributed by atoms with Crippen LogP contribution in [0.5, 0.6) is 0 Å². The van der Waals surface area contributed by atoms with Crippen molar-refractivity contribution in [3.05, 3.63) is 0 Å². The van der Waals surface area contributed by atoms with E-state index in [1.165, 1.54) is 244 Å². The Bertz CT molecular complexity index is 1940. The molecule has 0 aromatic heterocycles. The Morgan fingerprint density at radius 3 is 0.673 bits per heavy atom. The standard InChI is InChI=1S/C82H160O17P2/c1-7-9-11-13-15-17-19-21-23-25-26-27-29-31-33-38-42-46-54-60-66-81(86)98-77(70-92-79(84)64-58-52-45-41-37-32-30-28-24-22-20-18-16-14-12-10-8-2)72-96-100(88,89)94-68-76(83)69-95-101(90,91)97-73-78(71-93-80(85)65-59-53-49-48-51-57-63-75(5)6)99-82(87)67-61-55-47-43-39-35-34-36-40-44-50-56-62-74(3)4/h74-78,83H,7-73H2,1-6H3,(H,88,89)(H,90,91)/t76-,77-,78-/m1/s1. The third kappa shape index (κ3) is 76.1. The fourth-order valence-corrected chi connectivity index (χ4v) is 14.3. The molecule has 0 heterocycles. The summed E-state index contributed by atoms with van der Waals surface area (Å²) in [4.78, 5) is 73.0. The summed E-state index contributed by atoms with van der Waals surface area (Å²) in [7, 11) is -9.92. The van der Waals surface area contributed by atoms with Crippen molar-refractivity contribution in [3.8, 4) is 0 Å². The lowest BCUT2D eigenvalue weighted by molar-refractivity contribution is -0.161. The van der Waals surface area contributed by atoms with Crippen molar-refractivity contribution in [2.75, 3.05) is 39.6 Å². The number of unbranched alkanes of at least 4 members (excludes halogenated alkanes) is 51.